The Labute approximate surface area is 97.9 Å². The third-order valence-electron chi connectivity index (χ3n) is 3.03. The highest BCUT2D eigenvalue weighted by molar-refractivity contribution is 5.49. The summed E-state index contributed by atoms with van der Waals surface area (Å²) in [6.07, 6.45) is 5.48. The highest BCUT2D eigenvalue weighted by Gasteiger charge is 2.30. The standard InChI is InChI=1S/C15H22O/c1-14(2,3)12-10-8-7-9-11(10)16-13(12)15(4,5)6/h8-9H,7H2,1-6H3. The van der Waals surface area contributed by atoms with Crippen molar-refractivity contribution < 1.29 is 4.42 Å². The van der Waals surface area contributed by atoms with Crippen LogP contribution in [0, 0.1) is 0 Å². The molecule has 0 spiro atoms. The van der Waals surface area contributed by atoms with Crippen LogP contribution in [-0.4, -0.2) is 0 Å². The van der Waals surface area contributed by atoms with Gasteiger partial charge in [0, 0.05) is 16.2 Å². The van der Waals surface area contributed by atoms with E-state index in [9.17, 15) is 0 Å². The van der Waals surface area contributed by atoms with E-state index >= 15 is 0 Å². The minimum Gasteiger partial charge on any atom is -0.461 e. The summed E-state index contributed by atoms with van der Waals surface area (Å²) < 4.78 is 6.06. The molecule has 1 aliphatic rings. The quantitative estimate of drug-likeness (QED) is 0.652. The van der Waals surface area contributed by atoms with Gasteiger partial charge in [-0.2, -0.15) is 0 Å². The van der Waals surface area contributed by atoms with Gasteiger partial charge in [0.2, 0.25) is 0 Å². The van der Waals surface area contributed by atoms with Gasteiger partial charge in [-0.3, -0.25) is 0 Å². The van der Waals surface area contributed by atoms with Crippen LogP contribution in [0.1, 0.15) is 59.3 Å². The monoisotopic (exact) mass is 218 g/mol. The second kappa shape index (κ2) is 3.26. The lowest BCUT2D eigenvalue weighted by Crippen LogP contribution is -2.29. The fraction of sp³-hybridized carbons (Fsp3) is 0.600. The Balaban J connectivity index is 2.80. The Morgan fingerprint density at radius 3 is 2.06 bits per heavy atom. The fourth-order valence-corrected chi connectivity index (χ4v) is 2.37. The molecule has 1 aliphatic carbocycles. The van der Waals surface area contributed by atoms with Crippen LogP contribution in [0.2, 0.25) is 0 Å². The van der Waals surface area contributed by atoms with Crippen molar-refractivity contribution in [1.29, 1.82) is 0 Å². The van der Waals surface area contributed by atoms with Crippen LogP contribution in [0.4, 0.5) is 0 Å². The van der Waals surface area contributed by atoms with Crippen LogP contribution in [0.15, 0.2) is 4.42 Å². The number of hydrogen-bond acceptors (Lipinski definition) is 1. The van der Waals surface area contributed by atoms with E-state index in [1.54, 1.807) is 0 Å². The van der Waals surface area contributed by atoms with Crippen molar-refractivity contribution in [2.45, 2.75) is 58.8 Å². The first-order valence-electron chi connectivity index (χ1n) is 6.05. The summed E-state index contributed by atoms with van der Waals surface area (Å²) >= 11 is 0. The maximum Gasteiger partial charge on any atom is 0.130 e. The van der Waals surface area contributed by atoms with E-state index in [2.05, 4.69) is 53.7 Å². The van der Waals surface area contributed by atoms with E-state index in [4.69, 9.17) is 4.42 Å². The molecule has 0 atom stereocenters. The molecule has 1 heterocycles. The Morgan fingerprint density at radius 1 is 0.938 bits per heavy atom. The molecule has 16 heavy (non-hydrogen) atoms. The van der Waals surface area contributed by atoms with Gasteiger partial charge >= 0.3 is 0 Å². The average molecular weight is 218 g/mol. The van der Waals surface area contributed by atoms with Gasteiger partial charge in [-0.25, -0.2) is 0 Å². The number of hydrogen-bond donors (Lipinski definition) is 0. The second-order valence-corrected chi connectivity index (χ2v) is 6.73. The molecule has 0 saturated carbocycles. The first-order valence-corrected chi connectivity index (χ1v) is 6.05. The molecule has 0 unspecified atom stereocenters. The van der Waals surface area contributed by atoms with Gasteiger partial charge in [0.1, 0.15) is 11.2 Å². The summed E-state index contributed by atoms with van der Waals surface area (Å²) in [5.74, 6) is 1.15. The van der Waals surface area contributed by atoms with E-state index in [0.29, 0.717) is 0 Å². The largest absolute Gasteiger partial charge is 0.461 e. The molecule has 0 fully saturated rings. The van der Waals surface area contributed by atoms with Gasteiger partial charge in [-0.05, 0) is 17.9 Å². The highest BCUT2D eigenvalue weighted by Crippen LogP contribution is 2.31. The number of rotatable bonds is 0. The fourth-order valence-electron chi connectivity index (χ4n) is 2.37. The third kappa shape index (κ3) is 1.73. The second-order valence-electron chi connectivity index (χ2n) is 6.73. The first kappa shape index (κ1) is 11.5. The normalized spacial score (nSPS) is 15.6. The Kier molecular flexibility index (Phi) is 2.34. The zero-order valence-electron chi connectivity index (χ0n) is 11.3. The summed E-state index contributed by atoms with van der Waals surface area (Å²) in [4.78, 5) is 0. The van der Waals surface area contributed by atoms with Crippen LogP contribution in [0.5, 0.6) is 0 Å². The van der Waals surface area contributed by atoms with Crippen LogP contribution >= 0.6 is 0 Å². The Bertz CT molecular complexity index is 515. The van der Waals surface area contributed by atoms with Crippen LogP contribution in [0.3, 0.4) is 0 Å². The molecule has 0 amide bonds. The minimum atomic E-state index is 0.0780. The molecule has 1 heteroatoms. The van der Waals surface area contributed by atoms with E-state index in [-0.39, 0.29) is 10.8 Å². The molecule has 1 aromatic rings. The lowest BCUT2D eigenvalue weighted by Gasteiger charge is -2.25. The van der Waals surface area contributed by atoms with Gasteiger partial charge in [0.25, 0.3) is 0 Å². The molecule has 0 aromatic carbocycles. The third-order valence-corrected chi connectivity index (χ3v) is 3.03. The SMILES string of the molecule is CC(C)(C)c1oc2c(c1C(C)(C)C)=CCC=2. The number of fused-ring (bicyclic) bond motifs is 1. The van der Waals surface area contributed by atoms with Crippen LogP contribution < -0.4 is 10.6 Å². The lowest BCUT2D eigenvalue weighted by atomic mass is 9.79. The van der Waals surface area contributed by atoms with Crippen LogP contribution in [-0.2, 0) is 10.8 Å². The van der Waals surface area contributed by atoms with Crippen molar-refractivity contribution >= 4 is 12.2 Å². The van der Waals surface area contributed by atoms with Crippen molar-refractivity contribution in [2.75, 3.05) is 0 Å². The molecule has 0 radical (unpaired) electrons. The van der Waals surface area contributed by atoms with Crippen molar-refractivity contribution in [3.63, 3.8) is 0 Å². The maximum absolute atomic E-state index is 6.06. The first-order chi connectivity index (χ1) is 7.21. The molecule has 1 nitrogen and oxygen atoms in total. The molecule has 0 saturated heterocycles. The molecular formula is C15H22O. The maximum atomic E-state index is 6.06. The van der Waals surface area contributed by atoms with E-state index in [1.807, 2.05) is 0 Å². The average Bonchev–Trinajstić information content (AvgIpc) is 2.53. The summed E-state index contributed by atoms with van der Waals surface area (Å²) in [7, 11) is 0. The molecular weight excluding hydrogens is 196 g/mol. The molecule has 2 rings (SSSR count). The molecule has 1 aromatic heterocycles. The highest BCUT2D eigenvalue weighted by atomic mass is 16.3. The summed E-state index contributed by atoms with van der Waals surface area (Å²) in [5, 5.41) is 1.33. The summed E-state index contributed by atoms with van der Waals surface area (Å²) in [6.45, 7) is 13.4. The van der Waals surface area contributed by atoms with E-state index < -0.39 is 0 Å². The van der Waals surface area contributed by atoms with Gasteiger partial charge in [0.05, 0.1) is 0 Å². The van der Waals surface area contributed by atoms with Gasteiger partial charge in [-0.15, -0.1) is 0 Å². The predicted octanol–water partition coefficient (Wildman–Crippen LogP) is 2.84. The smallest absolute Gasteiger partial charge is 0.130 e. The molecule has 0 aliphatic heterocycles. The summed E-state index contributed by atoms with van der Waals surface area (Å²) in [5.41, 5.74) is 2.70. The Morgan fingerprint density at radius 2 is 1.56 bits per heavy atom. The van der Waals surface area contributed by atoms with Gasteiger partial charge < -0.3 is 4.42 Å². The van der Waals surface area contributed by atoms with Crippen LogP contribution in [0.25, 0.3) is 12.2 Å². The van der Waals surface area contributed by atoms with Gasteiger partial charge in [-0.1, -0.05) is 47.6 Å². The zero-order valence-corrected chi connectivity index (χ0v) is 11.3. The zero-order chi connectivity index (χ0) is 12.1. The molecule has 88 valence electrons. The molecule has 0 N–H and O–H groups in total. The van der Waals surface area contributed by atoms with Crippen molar-refractivity contribution in [3.8, 4) is 0 Å². The van der Waals surface area contributed by atoms with E-state index in [0.717, 1.165) is 17.6 Å². The topological polar surface area (TPSA) is 13.1 Å². The van der Waals surface area contributed by atoms with Crippen molar-refractivity contribution in [2.24, 2.45) is 0 Å². The van der Waals surface area contributed by atoms with Crippen molar-refractivity contribution in [3.05, 3.63) is 22.0 Å². The lowest BCUT2D eigenvalue weighted by molar-refractivity contribution is 0.379. The minimum absolute atomic E-state index is 0.0780. The predicted molar refractivity (Wildman–Crippen MR) is 68.9 cm³/mol. The van der Waals surface area contributed by atoms with Gasteiger partial charge in [0.15, 0.2) is 0 Å². The molecule has 0 bridgehead atoms. The van der Waals surface area contributed by atoms with Crippen molar-refractivity contribution in [1.82, 2.24) is 0 Å². The summed E-state index contributed by atoms with van der Waals surface area (Å²) in [6, 6.07) is 0. The number of furan rings is 1. The van der Waals surface area contributed by atoms with E-state index in [1.165, 1.54) is 10.8 Å². The Hall–Kier alpha value is -0.980.